The molecule has 1 heterocycles. The van der Waals surface area contributed by atoms with Gasteiger partial charge in [-0.15, -0.1) is 0 Å². The van der Waals surface area contributed by atoms with Crippen LogP contribution in [0, 0.1) is 13.8 Å². The van der Waals surface area contributed by atoms with Gasteiger partial charge in [0.15, 0.2) is 5.78 Å². The van der Waals surface area contributed by atoms with Gasteiger partial charge in [0, 0.05) is 5.57 Å². The molecule has 1 aliphatic rings. The van der Waals surface area contributed by atoms with Crippen molar-refractivity contribution >= 4 is 5.78 Å². The summed E-state index contributed by atoms with van der Waals surface area (Å²) in [6.45, 7) is 7.92. The lowest BCUT2D eigenvalue weighted by Crippen LogP contribution is -2.19. The van der Waals surface area contributed by atoms with E-state index in [1.54, 1.807) is 0 Å². The summed E-state index contributed by atoms with van der Waals surface area (Å²) >= 11 is 0. The number of Topliss-reactive ketones (excluding diaryl/α,β-unsaturated/α-hetero) is 1. The van der Waals surface area contributed by atoms with E-state index < -0.39 is 0 Å². The third-order valence-corrected chi connectivity index (χ3v) is 2.38. The Labute approximate surface area is 83.2 Å². The summed E-state index contributed by atoms with van der Waals surface area (Å²) in [5.41, 5.74) is 3.27. The average Bonchev–Trinajstić information content (AvgIpc) is 2.12. The first kappa shape index (κ1) is 9.00. The first-order valence-electron chi connectivity index (χ1n) is 4.56. The van der Waals surface area contributed by atoms with Crippen LogP contribution in [-0.2, 0) is 0 Å². The Morgan fingerprint density at radius 2 is 2.07 bits per heavy atom. The fraction of sp³-hybridized carbons (Fsp3) is 0.250. The fourth-order valence-corrected chi connectivity index (χ4v) is 1.73. The van der Waals surface area contributed by atoms with Gasteiger partial charge in [0.05, 0.1) is 5.56 Å². The normalized spacial score (nSPS) is 15.0. The lowest BCUT2D eigenvalue weighted by molar-refractivity contribution is 0.0999. The zero-order valence-corrected chi connectivity index (χ0v) is 8.39. The van der Waals surface area contributed by atoms with Crippen LogP contribution in [0.25, 0.3) is 0 Å². The monoisotopic (exact) mass is 188 g/mol. The zero-order valence-electron chi connectivity index (χ0n) is 8.39. The number of carbonyl (C=O) groups is 1. The highest BCUT2D eigenvalue weighted by Gasteiger charge is 2.23. The van der Waals surface area contributed by atoms with Crippen LogP contribution in [0.4, 0.5) is 0 Å². The molecule has 1 aromatic carbocycles. The minimum absolute atomic E-state index is 0.0121. The Hall–Kier alpha value is -1.57. The van der Waals surface area contributed by atoms with Crippen molar-refractivity contribution in [3.05, 3.63) is 41.0 Å². The van der Waals surface area contributed by atoms with Crippen LogP contribution in [-0.4, -0.2) is 12.4 Å². The number of hydrogen-bond donors (Lipinski definition) is 0. The molecule has 0 bridgehead atoms. The Kier molecular flexibility index (Phi) is 1.92. The van der Waals surface area contributed by atoms with Crippen molar-refractivity contribution in [2.75, 3.05) is 6.61 Å². The maximum absolute atomic E-state index is 11.7. The summed E-state index contributed by atoms with van der Waals surface area (Å²) in [5, 5.41) is 0. The summed E-state index contributed by atoms with van der Waals surface area (Å²) in [7, 11) is 0. The van der Waals surface area contributed by atoms with Crippen LogP contribution in [0.3, 0.4) is 0 Å². The standard InChI is InChI=1S/C12H12O2/c1-7-4-8(2)12-10(5-7)11(13)9(3)6-14-12/h4-5H,3,6H2,1-2H3. The van der Waals surface area contributed by atoms with E-state index in [1.165, 1.54) is 0 Å². The molecule has 0 aliphatic carbocycles. The van der Waals surface area contributed by atoms with Crippen molar-refractivity contribution in [2.45, 2.75) is 13.8 Å². The van der Waals surface area contributed by atoms with Gasteiger partial charge in [-0.3, -0.25) is 4.79 Å². The van der Waals surface area contributed by atoms with Gasteiger partial charge in [0.25, 0.3) is 0 Å². The number of ether oxygens (including phenoxy) is 1. The van der Waals surface area contributed by atoms with E-state index in [1.807, 2.05) is 26.0 Å². The molecule has 2 nitrogen and oxygen atoms in total. The molecule has 0 saturated heterocycles. The van der Waals surface area contributed by atoms with Gasteiger partial charge in [0.2, 0.25) is 0 Å². The minimum Gasteiger partial charge on any atom is -0.488 e. The Bertz CT molecular complexity index is 430. The van der Waals surface area contributed by atoms with Gasteiger partial charge in [-0.2, -0.15) is 0 Å². The third-order valence-electron chi connectivity index (χ3n) is 2.38. The van der Waals surface area contributed by atoms with Crippen LogP contribution in [0.2, 0.25) is 0 Å². The predicted octanol–water partition coefficient (Wildman–Crippen LogP) is 2.43. The maximum Gasteiger partial charge on any atom is 0.195 e. The highest BCUT2D eigenvalue weighted by Crippen LogP contribution is 2.30. The van der Waals surface area contributed by atoms with E-state index in [9.17, 15) is 4.79 Å². The summed E-state index contributed by atoms with van der Waals surface area (Å²) in [6, 6.07) is 3.87. The Morgan fingerprint density at radius 1 is 1.36 bits per heavy atom. The Balaban J connectivity index is 2.65. The maximum atomic E-state index is 11.7. The van der Waals surface area contributed by atoms with Crippen LogP contribution in [0.15, 0.2) is 24.3 Å². The molecule has 0 radical (unpaired) electrons. The number of aryl methyl sites for hydroxylation is 2. The summed E-state index contributed by atoms with van der Waals surface area (Å²) in [5.74, 6) is 0.728. The van der Waals surface area contributed by atoms with Gasteiger partial charge >= 0.3 is 0 Å². The molecule has 0 atom stereocenters. The van der Waals surface area contributed by atoms with Crippen molar-refractivity contribution in [3.8, 4) is 5.75 Å². The highest BCUT2D eigenvalue weighted by molar-refractivity contribution is 6.11. The molecule has 0 spiro atoms. The minimum atomic E-state index is 0.0121. The Morgan fingerprint density at radius 3 is 2.79 bits per heavy atom. The van der Waals surface area contributed by atoms with E-state index in [0.29, 0.717) is 23.5 Å². The SMILES string of the molecule is C=C1COc2c(C)cc(C)cc2C1=O. The van der Waals surface area contributed by atoms with E-state index in [0.717, 1.165) is 11.1 Å². The smallest absolute Gasteiger partial charge is 0.195 e. The number of carbonyl (C=O) groups excluding carboxylic acids is 1. The molecule has 1 aromatic rings. The number of rotatable bonds is 0. The van der Waals surface area contributed by atoms with E-state index in [4.69, 9.17) is 4.74 Å². The quantitative estimate of drug-likeness (QED) is 0.584. The zero-order chi connectivity index (χ0) is 10.3. The van der Waals surface area contributed by atoms with Gasteiger partial charge in [-0.25, -0.2) is 0 Å². The van der Waals surface area contributed by atoms with Crippen molar-refractivity contribution in [1.29, 1.82) is 0 Å². The van der Waals surface area contributed by atoms with Crippen molar-refractivity contribution in [3.63, 3.8) is 0 Å². The van der Waals surface area contributed by atoms with Gasteiger partial charge in [0.1, 0.15) is 12.4 Å². The van der Waals surface area contributed by atoms with Gasteiger partial charge in [-0.05, 0) is 31.0 Å². The van der Waals surface area contributed by atoms with E-state index in [2.05, 4.69) is 6.58 Å². The fourth-order valence-electron chi connectivity index (χ4n) is 1.73. The molecule has 0 N–H and O–H groups in total. The molecule has 0 unspecified atom stereocenters. The van der Waals surface area contributed by atoms with E-state index >= 15 is 0 Å². The van der Waals surface area contributed by atoms with E-state index in [-0.39, 0.29) is 5.78 Å². The van der Waals surface area contributed by atoms with Gasteiger partial charge in [-0.1, -0.05) is 12.6 Å². The number of hydrogen-bond acceptors (Lipinski definition) is 2. The number of ketones is 1. The number of benzene rings is 1. The summed E-state index contributed by atoms with van der Waals surface area (Å²) in [4.78, 5) is 11.7. The number of fused-ring (bicyclic) bond motifs is 1. The molecule has 14 heavy (non-hydrogen) atoms. The molecule has 0 fully saturated rings. The molecule has 72 valence electrons. The van der Waals surface area contributed by atoms with Crippen molar-refractivity contribution in [2.24, 2.45) is 0 Å². The van der Waals surface area contributed by atoms with Crippen molar-refractivity contribution < 1.29 is 9.53 Å². The first-order valence-corrected chi connectivity index (χ1v) is 4.56. The third kappa shape index (κ3) is 1.23. The average molecular weight is 188 g/mol. The summed E-state index contributed by atoms with van der Waals surface area (Å²) in [6.07, 6.45) is 0. The second-order valence-electron chi connectivity index (χ2n) is 3.68. The lowest BCUT2D eigenvalue weighted by Gasteiger charge is -2.20. The van der Waals surface area contributed by atoms with Crippen LogP contribution in [0.5, 0.6) is 5.75 Å². The predicted molar refractivity (Wildman–Crippen MR) is 54.9 cm³/mol. The second kappa shape index (κ2) is 2.98. The summed E-state index contributed by atoms with van der Waals surface area (Å²) < 4.78 is 5.47. The molecule has 2 heteroatoms. The second-order valence-corrected chi connectivity index (χ2v) is 3.68. The van der Waals surface area contributed by atoms with Crippen LogP contribution >= 0.6 is 0 Å². The molecule has 0 amide bonds. The molecular weight excluding hydrogens is 176 g/mol. The highest BCUT2D eigenvalue weighted by atomic mass is 16.5. The molecule has 0 aromatic heterocycles. The molecular formula is C12H12O2. The lowest BCUT2D eigenvalue weighted by atomic mass is 9.97. The molecule has 1 aliphatic heterocycles. The first-order chi connectivity index (χ1) is 6.59. The van der Waals surface area contributed by atoms with Crippen LogP contribution in [0.1, 0.15) is 21.5 Å². The largest absolute Gasteiger partial charge is 0.488 e. The molecule has 2 rings (SSSR count). The topological polar surface area (TPSA) is 26.3 Å². The van der Waals surface area contributed by atoms with Crippen LogP contribution < -0.4 is 4.74 Å². The van der Waals surface area contributed by atoms with Crippen molar-refractivity contribution in [1.82, 2.24) is 0 Å². The van der Waals surface area contributed by atoms with Gasteiger partial charge < -0.3 is 4.74 Å². The molecule has 0 saturated carbocycles.